The molecule has 2 nitrogen and oxygen atoms in total. The van der Waals surface area contributed by atoms with Crippen molar-refractivity contribution in [3.63, 3.8) is 0 Å². The fourth-order valence-corrected chi connectivity index (χ4v) is 2.23. The van der Waals surface area contributed by atoms with Gasteiger partial charge in [-0.1, -0.05) is 44.2 Å². The second-order valence-electron chi connectivity index (χ2n) is 5.09. The Labute approximate surface area is 122 Å². The summed E-state index contributed by atoms with van der Waals surface area (Å²) in [6.07, 6.45) is 9.31. The van der Waals surface area contributed by atoms with Crippen LogP contribution in [-0.2, 0) is 13.0 Å². The molecule has 0 saturated carbocycles. The van der Waals surface area contributed by atoms with Crippen LogP contribution < -0.4 is 4.74 Å². The predicted molar refractivity (Wildman–Crippen MR) is 84.6 cm³/mol. The van der Waals surface area contributed by atoms with E-state index in [0.717, 1.165) is 37.3 Å². The number of hydrogen-bond donors (Lipinski definition) is 0. The smallest absolute Gasteiger partial charge is 0.161 e. The lowest BCUT2D eigenvalue weighted by molar-refractivity contribution is 0.132. The van der Waals surface area contributed by atoms with Gasteiger partial charge in [0.2, 0.25) is 0 Å². The zero-order valence-electron chi connectivity index (χ0n) is 12.3. The molecule has 1 aromatic carbocycles. The summed E-state index contributed by atoms with van der Waals surface area (Å²) in [6, 6.07) is 6.40. The zero-order valence-corrected chi connectivity index (χ0v) is 12.3. The third kappa shape index (κ3) is 3.53. The molecular formula is C18H23NO. The second kappa shape index (κ2) is 6.99. The lowest BCUT2D eigenvalue weighted by atomic mass is 10.1. The first-order chi connectivity index (χ1) is 9.74. The number of ether oxygens (including phenoxy) is 1. The number of benzene rings is 1. The molecule has 0 spiro atoms. The summed E-state index contributed by atoms with van der Waals surface area (Å²) < 4.78 is 5.85. The van der Waals surface area contributed by atoms with Crippen molar-refractivity contribution in [1.82, 2.24) is 4.90 Å². The van der Waals surface area contributed by atoms with Crippen LogP contribution in [0.2, 0.25) is 0 Å². The lowest BCUT2D eigenvalue weighted by Gasteiger charge is -2.31. The van der Waals surface area contributed by atoms with Crippen molar-refractivity contribution < 1.29 is 4.74 Å². The van der Waals surface area contributed by atoms with Gasteiger partial charge in [0.1, 0.15) is 5.75 Å². The van der Waals surface area contributed by atoms with E-state index in [1.54, 1.807) is 0 Å². The molecule has 1 aliphatic rings. The highest BCUT2D eigenvalue weighted by Gasteiger charge is 2.17. The molecule has 2 rings (SSSR count). The first-order valence-corrected chi connectivity index (χ1v) is 7.20. The van der Waals surface area contributed by atoms with E-state index in [1.165, 1.54) is 11.1 Å². The zero-order chi connectivity index (χ0) is 14.4. The molecular weight excluding hydrogens is 246 g/mol. The van der Waals surface area contributed by atoms with Gasteiger partial charge in [-0.2, -0.15) is 0 Å². The first-order valence-electron chi connectivity index (χ1n) is 7.20. The summed E-state index contributed by atoms with van der Waals surface area (Å²) in [5, 5.41) is 0. The van der Waals surface area contributed by atoms with Crippen LogP contribution in [0.5, 0.6) is 5.75 Å². The maximum Gasteiger partial charge on any atom is 0.161 e. The third-order valence-corrected chi connectivity index (χ3v) is 3.42. The van der Waals surface area contributed by atoms with Gasteiger partial charge in [0, 0.05) is 17.8 Å². The topological polar surface area (TPSA) is 12.5 Å². The number of hydrogen-bond acceptors (Lipinski definition) is 2. The van der Waals surface area contributed by atoms with Gasteiger partial charge in [0.25, 0.3) is 0 Å². The van der Waals surface area contributed by atoms with Gasteiger partial charge in [0.15, 0.2) is 6.73 Å². The number of allylic oxidation sites excluding steroid dienone is 3. The lowest BCUT2D eigenvalue weighted by Crippen LogP contribution is -2.30. The summed E-state index contributed by atoms with van der Waals surface area (Å²) in [5.41, 5.74) is 3.47. The minimum atomic E-state index is 0.569. The molecule has 0 fully saturated rings. The van der Waals surface area contributed by atoms with Gasteiger partial charge in [-0.3, -0.25) is 0 Å². The molecule has 1 aliphatic heterocycles. The largest absolute Gasteiger partial charge is 0.473 e. The molecule has 1 heterocycles. The van der Waals surface area contributed by atoms with Gasteiger partial charge < -0.3 is 9.64 Å². The van der Waals surface area contributed by atoms with Crippen LogP contribution in [0.1, 0.15) is 30.9 Å². The highest BCUT2D eigenvalue weighted by molar-refractivity contribution is 5.39. The van der Waals surface area contributed by atoms with Crippen molar-refractivity contribution in [1.29, 1.82) is 0 Å². The van der Waals surface area contributed by atoms with Crippen molar-refractivity contribution >= 4 is 0 Å². The van der Waals surface area contributed by atoms with E-state index in [-0.39, 0.29) is 0 Å². The van der Waals surface area contributed by atoms with Crippen LogP contribution in [0.4, 0.5) is 0 Å². The summed E-state index contributed by atoms with van der Waals surface area (Å²) in [6.45, 7) is 11.5. The maximum atomic E-state index is 5.85. The minimum Gasteiger partial charge on any atom is -0.473 e. The fourth-order valence-electron chi connectivity index (χ4n) is 2.23. The van der Waals surface area contributed by atoms with Crippen LogP contribution in [0, 0.1) is 0 Å². The summed E-state index contributed by atoms with van der Waals surface area (Å²) >= 11 is 0. The quantitative estimate of drug-likeness (QED) is 0.559. The molecule has 0 aromatic heterocycles. The Balaban J connectivity index is 2.03. The van der Waals surface area contributed by atoms with Gasteiger partial charge in [-0.15, -0.1) is 6.58 Å². The highest BCUT2D eigenvalue weighted by Crippen LogP contribution is 2.28. The minimum absolute atomic E-state index is 0.569. The molecule has 0 bridgehead atoms. The Hall–Kier alpha value is -1.96. The Bertz CT molecular complexity index is 516. The molecule has 106 valence electrons. The molecule has 20 heavy (non-hydrogen) atoms. The van der Waals surface area contributed by atoms with Crippen molar-refractivity contribution in [2.24, 2.45) is 0 Å². The van der Waals surface area contributed by atoms with E-state index in [9.17, 15) is 0 Å². The maximum absolute atomic E-state index is 5.85. The van der Waals surface area contributed by atoms with Gasteiger partial charge in [0.05, 0.1) is 0 Å². The molecule has 0 radical (unpaired) electrons. The Morgan fingerprint density at radius 1 is 1.45 bits per heavy atom. The second-order valence-corrected chi connectivity index (χ2v) is 5.09. The molecule has 2 heteroatoms. The molecule has 0 amide bonds. The third-order valence-electron chi connectivity index (χ3n) is 3.42. The van der Waals surface area contributed by atoms with Gasteiger partial charge >= 0.3 is 0 Å². The van der Waals surface area contributed by atoms with Crippen LogP contribution in [-0.4, -0.2) is 11.6 Å². The Morgan fingerprint density at radius 2 is 2.30 bits per heavy atom. The van der Waals surface area contributed by atoms with Gasteiger partial charge in [-0.05, 0) is 30.5 Å². The van der Waals surface area contributed by atoms with Crippen molar-refractivity contribution in [2.75, 3.05) is 6.73 Å². The highest BCUT2D eigenvalue weighted by atomic mass is 16.5. The molecule has 0 saturated heterocycles. The van der Waals surface area contributed by atoms with Gasteiger partial charge in [-0.25, -0.2) is 0 Å². The van der Waals surface area contributed by atoms with Crippen LogP contribution in [0.3, 0.4) is 0 Å². The average Bonchev–Trinajstić information content (AvgIpc) is 2.47. The van der Waals surface area contributed by atoms with Crippen LogP contribution >= 0.6 is 0 Å². The molecule has 1 aromatic rings. The summed E-state index contributed by atoms with van der Waals surface area (Å²) in [7, 11) is 0. The van der Waals surface area contributed by atoms with E-state index in [2.05, 4.69) is 55.3 Å². The Kier molecular flexibility index (Phi) is 5.05. The first kappa shape index (κ1) is 14.4. The average molecular weight is 269 g/mol. The van der Waals surface area contributed by atoms with Crippen molar-refractivity contribution in [3.05, 3.63) is 66.4 Å². The van der Waals surface area contributed by atoms with Crippen molar-refractivity contribution in [3.8, 4) is 5.75 Å². The number of rotatable bonds is 6. The van der Waals surface area contributed by atoms with E-state index < -0.39 is 0 Å². The number of nitrogens with zero attached hydrogens (tertiary/aromatic N) is 1. The fraction of sp³-hybridized carbons (Fsp3) is 0.333. The standard InChI is InChI=1S/C18H23NO/c1-4-6-7-9-15(3)19-13-17-11-10-16(8-5-2)12-18(17)20-14-19/h5,7,9-12H,2-4,6,8,13-14H2,1H3/b9-7-. The van der Waals surface area contributed by atoms with E-state index in [0.29, 0.717) is 6.73 Å². The Morgan fingerprint density at radius 3 is 3.05 bits per heavy atom. The van der Waals surface area contributed by atoms with E-state index in [4.69, 9.17) is 4.74 Å². The molecule has 0 N–H and O–H groups in total. The summed E-state index contributed by atoms with van der Waals surface area (Å²) in [4.78, 5) is 2.15. The monoisotopic (exact) mass is 269 g/mol. The summed E-state index contributed by atoms with van der Waals surface area (Å²) in [5.74, 6) is 0.992. The molecule has 0 unspecified atom stereocenters. The van der Waals surface area contributed by atoms with Crippen molar-refractivity contribution in [2.45, 2.75) is 32.7 Å². The van der Waals surface area contributed by atoms with Crippen LogP contribution in [0.25, 0.3) is 0 Å². The van der Waals surface area contributed by atoms with E-state index >= 15 is 0 Å². The molecule has 0 atom stereocenters. The number of unbranched alkanes of at least 4 members (excludes halogenated alkanes) is 1. The predicted octanol–water partition coefficient (Wildman–Crippen LogP) is 4.44. The normalized spacial score (nSPS) is 13.9. The van der Waals surface area contributed by atoms with E-state index in [1.807, 2.05) is 6.08 Å². The molecule has 0 aliphatic carbocycles. The van der Waals surface area contributed by atoms with Crippen LogP contribution in [0.15, 0.2) is 55.3 Å². The number of fused-ring (bicyclic) bond motifs is 1. The SMILES string of the molecule is C=CCc1ccc2c(c1)OCN(C(=C)/C=C\CCC)C2.